The predicted molar refractivity (Wildman–Crippen MR) is 90.2 cm³/mol. The van der Waals surface area contributed by atoms with Crippen LogP contribution < -0.4 is 0 Å². The Kier molecular flexibility index (Phi) is 6.30. The highest BCUT2D eigenvalue weighted by Gasteiger charge is 2.35. The Hall–Kier alpha value is -1.03. The molecule has 1 aromatic rings. The van der Waals surface area contributed by atoms with Crippen LogP contribution in [0.3, 0.4) is 0 Å². The average molecular weight is 342 g/mol. The third-order valence-corrected chi connectivity index (χ3v) is 4.78. The van der Waals surface area contributed by atoms with E-state index >= 15 is 0 Å². The first kappa shape index (κ1) is 17.3. The van der Waals surface area contributed by atoms with Crippen molar-refractivity contribution in [1.29, 1.82) is 0 Å². The van der Waals surface area contributed by atoms with E-state index in [1.807, 2.05) is 11.0 Å². The highest BCUT2D eigenvalue weighted by atomic mass is 35.5. The van der Waals surface area contributed by atoms with Gasteiger partial charge < -0.3 is 9.64 Å². The van der Waals surface area contributed by atoms with Gasteiger partial charge in [0.15, 0.2) is 0 Å². The van der Waals surface area contributed by atoms with Crippen molar-refractivity contribution in [2.45, 2.75) is 31.8 Å². The first-order valence-corrected chi connectivity index (χ1v) is 8.16. The topological polar surface area (TPSA) is 29.5 Å². The summed E-state index contributed by atoms with van der Waals surface area (Å²) < 4.78 is 5.11. The van der Waals surface area contributed by atoms with Crippen LogP contribution in [0.2, 0.25) is 10.0 Å². The molecule has 0 atom stereocenters. The highest BCUT2D eigenvalue weighted by molar-refractivity contribution is 6.35. The number of carbonyl (C=O) groups excluding carboxylic acids is 1. The molecule has 0 unspecified atom stereocenters. The monoisotopic (exact) mass is 341 g/mol. The number of benzene rings is 1. The number of nitrogens with zero attached hydrogens (tertiary/aromatic N) is 1. The number of hydrogen-bond acceptors (Lipinski definition) is 2. The van der Waals surface area contributed by atoms with E-state index < -0.39 is 0 Å². The average Bonchev–Trinajstić information content (AvgIpc) is 2.45. The van der Waals surface area contributed by atoms with E-state index in [1.54, 1.807) is 19.2 Å². The number of rotatable bonds is 7. The molecular formula is C17H21Cl2NO2. The van der Waals surface area contributed by atoms with Gasteiger partial charge >= 0.3 is 0 Å². The van der Waals surface area contributed by atoms with E-state index in [0.29, 0.717) is 22.5 Å². The second-order valence-corrected chi connectivity index (χ2v) is 6.52. The number of halogens is 2. The third kappa shape index (κ3) is 4.25. The van der Waals surface area contributed by atoms with Crippen LogP contribution in [-0.4, -0.2) is 30.6 Å². The van der Waals surface area contributed by atoms with Gasteiger partial charge in [0.25, 0.3) is 0 Å². The summed E-state index contributed by atoms with van der Waals surface area (Å²) in [4.78, 5) is 14.0. The molecule has 2 rings (SSSR count). The van der Waals surface area contributed by atoms with Crippen molar-refractivity contribution in [3.05, 3.63) is 46.5 Å². The van der Waals surface area contributed by atoms with E-state index in [2.05, 4.69) is 6.58 Å². The van der Waals surface area contributed by atoms with Crippen LogP contribution in [0.1, 0.15) is 24.8 Å². The summed E-state index contributed by atoms with van der Waals surface area (Å²) in [5.74, 6) is 0.576. The van der Waals surface area contributed by atoms with E-state index in [1.165, 1.54) is 6.08 Å². The molecule has 1 fully saturated rings. The molecule has 0 spiro atoms. The summed E-state index contributed by atoms with van der Waals surface area (Å²) in [5.41, 5.74) is 0.904. The Morgan fingerprint density at radius 1 is 1.45 bits per heavy atom. The Labute approximate surface area is 141 Å². The summed E-state index contributed by atoms with van der Waals surface area (Å²) in [7, 11) is 1.71. The molecule has 0 bridgehead atoms. The molecule has 3 nitrogen and oxygen atoms in total. The molecule has 0 aliphatic heterocycles. The number of carbonyl (C=O) groups is 1. The minimum absolute atomic E-state index is 0.0544. The van der Waals surface area contributed by atoms with Gasteiger partial charge in [-0.15, -0.1) is 0 Å². The maximum absolute atomic E-state index is 12.2. The van der Waals surface area contributed by atoms with Crippen molar-refractivity contribution < 1.29 is 9.53 Å². The largest absolute Gasteiger partial charge is 0.385 e. The van der Waals surface area contributed by atoms with Crippen molar-refractivity contribution in [3.8, 4) is 0 Å². The lowest BCUT2D eigenvalue weighted by atomic mass is 9.77. The summed E-state index contributed by atoms with van der Waals surface area (Å²) in [6.07, 6.45) is 4.43. The van der Waals surface area contributed by atoms with Gasteiger partial charge in [-0.1, -0.05) is 35.8 Å². The molecule has 1 saturated carbocycles. The summed E-state index contributed by atoms with van der Waals surface area (Å²) in [5, 5.41) is 1.18. The van der Waals surface area contributed by atoms with Crippen molar-refractivity contribution in [3.63, 3.8) is 0 Å². The van der Waals surface area contributed by atoms with E-state index in [-0.39, 0.29) is 11.9 Å². The van der Waals surface area contributed by atoms with Gasteiger partial charge in [0, 0.05) is 36.3 Å². The van der Waals surface area contributed by atoms with Crippen molar-refractivity contribution in [1.82, 2.24) is 4.90 Å². The lowest BCUT2D eigenvalue weighted by Gasteiger charge is -2.43. The smallest absolute Gasteiger partial charge is 0.246 e. The van der Waals surface area contributed by atoms with Gasteiger partial charge in [-0.25, -0.2) is 0 Å². The lowest BCUT2D eigenvalue weighted by Crippen LogP contribution is -2.47. The van der Waals surface area contributed by atoms with E-state index in [4.69, 9.17) is 27.9 Å². The van der Waals surface area contributed by atoms with Crippen LogP contribution in [0.25, 0.3) is 0 Å². The molecule has 1 amide bonds. The Bertz CT molecular complexity index is 541. The van der Waals surface area contributed by atoms with Gasteiger partial charge in [-0.05, 0) is 49.0 Å². The van der Waals surface area contributed by atoms with Crippen molar-refractivity contribution in [2.24, 2.45) is 5.92 Å². The Balaban J connectivity index is 2.02. The summed E-state index contributed by atoms with van der Waals surface area (Å²) >= 11 is 12.1. The molecule has 1 aromatic carbocycles. The molecule has 0 aromatic heterocycles. The van der Waals surface area contributed by atoms with Crippen LogP contribution in [0.15, 0.2) is 30.9 Å². The molecule has 0 radical (unpaired) electrons. The fraction of sp³-hybridized carbons (Fsp3) is 0.471. The van der Waals surface area contributed by atoms with Crippen molar-refractivity contribution in [2.75, 3.05) is 13.7 Å². The van der Waals surface area contributed by atoms with Crippen LogP contribution in [-0.2, 0) is 16.1 Å². The van der Waals surface area contributed by atoms with Gasteiger partial charge in [0.2, 0.25) is 5.91 Å². The fourth-order valence-corrected chi connectivity index (χ4v) is 3.28. The zero-order chi connectivity index (χ0) is 16.1. The first-order chi connectivity index (χ1) is 10.5. The summed E-state index contributed by atoms with van der Waals surface area (Å²) in [6.45, 7) is 4.87. The second-order valence-electron chi connectivity index (χ2n) is 5.68. The molecule has 22 heavy (non-hydrogen) atoms. The van der Waals surface area contributed by atoms with E-state index in [0.717, 1.165) is 31.4 Å². The van der Waals surface area contributed by atoms with Crippen LogP contribution in [0.4, 0.5) is 0 Å². The standard InChI is InChI=1S/C17H21Cl2NO2/c1-3-17(21)20(15-8-12(9-15)6-7-22-2)11-13-4-5-14(18)10-16(13)19/h3-5,10,12,15H,1,6-9,11H2,2H3. The Morgan fingerprint density at radius 2 is 2.18 bits per heavy atom. The molecule has 5 heteroatoms. The molecule has 1 aliphatic rings. The lowest BCUT2D eigenvalue weighted by molar-refractivity contribution is -0.132. The van der Waals surface area contributed by atoms with Crippen LogP contribution in [0.5, 0.6) is 0 Å². The minimum Gasteiger partial charge on any atom is -0.385 e. The van der Waals surface area contributed by atoms with Crippen molar-refractivity contribution >= 4 is 29.1 Å². The number of hydrogen-bond donors (Lipinski definition) is 0. The number of methoxy groups -OCH3 is 1. The molecule has 0 N–H and O–H groups in total. The zero-order valence-corrected chi connectivity index (χ0v) is 14.2. The SMILES string of the molecule is C=CC(=O)N(Cc1ccc(Cl)cc1Cl)C1CC(CCOC)C1. The molecule has 120 valence electrons. The second kappa shape index (κ2) is 8.00. The molecule has 0 heterocycles. The van der Waals surface area contributed by atoms with E-state index in [9.17, 15) is 4.79 Å². The zero-order valence-electron chi connectivity index (χ0n) is 12.7. The molecular weight excluding hydrogens is 321 g/mol. The normalized spacial score (nSPS) is 20.3. The van der Waals surface area contributed by atoms with Gasteiger partial charge in [0.05, 0.1) is 0 Å². The maximum atomic E-state index is 12.2. The fourth-order valence-electron chi connectivity index (χ4n) is 2.81. The number of amides is 1. The van der Waals surface area contributed by atoms with Gasteiger partial charge in [0.1, 0.15) is 0 Å². The van der Waals surface area contributed by atoms with Crippen LogP contribution >= 0.6 is 23.2 Å². The molecule has 0 saturated heterocycles. The first-order valence-electron chi connectivity index (χ1n) is 7.41. The minimum atomic E-state index is -0.0544. The molecule has 1 aliphatic carbocycles. The Morgan fingerprint density at radius 3 is 2.77 bits per heavy atom. The highest BCUT2D eigenvalue weighted by Crippen LogP contribution is 2.36. The summed E-state index contributed by atoms with van der Waals surface area (Å²) in [6, 6.07) is 5.62. The maximum Gasteiger partial charge on any atom is 0.246 e. The third-order valence-electron chi connectivity index (χ3n) is 4.20. The van der Waals surface area contributed by atoms with Crippen LogP contribution in [0, 0.1) is 5.92 Å². The van der Waals surface area contributed by atoms with Gasteiger partial charge in [-0.2, -0.15) is 0 Å². The van der Waals surface area contributed by atoms with Gasteiger partial charge in [-0.3, -0.25) is 4.79 Å². The quantitative estimate of drug-likeness (QED) is 0.691. The predicted octanol–water partition coefficient (Wildman–Crippen LogP) is 4.32. The number of ether oxygens (including phenoxy) is 1.